The second-order valence-electron chi connectivity index (χ2n) is 6.53. The first-order valence-corrected chi connectivity index (χ1v) is 8.14. The summed E-state index contributed by atoms with van der Waals surface area (Å²) < 4.78 is 0. The lowest BCUT2D eigenvalue weighted by Gasteiger charge is -2.54. The van der Waals surface area contributed by atoms with Crippen molar-refractivity contribution in [2.75, 3.05) is 5.75 Å². The molecule has 0 saturated heterocycles. The van der Waals surface area contributed by atoms with Crippen LogP contribution in [-0.4, -0.2) is 17.0 Å². The van der Waals surface area contributed by atoms with E-state index in [-0.39, 0.29) is 0 Å². The van der Waals surface area contributed by atoms with Crippen molar-refractivity contribution in [2.24, 2.45) is 29.4 Å². The fourth-order valence-corrected chi connectivity index (χ4v) is 6.31. The minimum Gasteiger partial charge on any atom is -0.328 e. The van der Waals surface area contributed by atoms with Crippen molar-refractivity contribution < 1.29 is 0 Å². The second kappa shape index (κ2) is 4.53. The van der Waals surface area contributed by atoms with E-state index in [2.05, 4.69) is 18.7 Å². The summed E-state index contributed by atoms with van der Waals surface area (Å²) >= 11 is 2.26. The zero-order valence-corrected chi connectivity index (χ0v) is 11.2. The molecule has 4 bridgehead atoms. The van der Waals surface area contributed by atoms with Gasteiger partial charge in [0.15, 0.2) is 0 Å². The molecule has 0 spiro atoms. The summed E-state index contributed by atoms with van der Waals surface area (Å²) in [6.45, 7) is 2.14. The van der Waals surface area contributed by atoms with E-state index in [4.69, 9.17) is 5.73 Å². The minimum atomic E-state index is 0.393. The van der Waals surface area contributed by atoms with Gasteiger partial charge in [-0.2, -0.15) is 11.8 Å². The largest absolute Gasteiger partial charge is 0.328 e. The summed E-state index contributed by atoms with van der Waals surface area (Å²) in [5.74, 6) is 5.69. The van der Waals surface area contributed by atoms with E-state index >= 15 is 0 Å². The topological polar surface area (TPSA) is 26.0 Å². The fraction of sp³-hybridized carbons (Fsp3) is 1.00. The van der Waals surface area contributed by atoms with Gasteiger partial charge in [0, 0.05) is 11.3 Å². The van der Waals surface area contributed by atoms with Crippen LogP contribution in [0.3, 0.4) is 0 Å². The normalized spacial score (nSPS) is 47.2. The number of hydrogen-bond donors (Lipinski definition) is 1. The van der Waals surface area contributed by atoms with Crippen LogP contribution in [0, 0.1) is 23.7 Å². The van der Waals surface area contributed by atoms with Crippen molar-refractivity contribution >= 4 is 11.8 Å². The third-order valence-corrected chi connectivity index (χ3v) is 6.65. The van der Waals surface area contributed by atoms with Crippen molar-refractivity contribution in [1.82, 2.24) is 0 Å². The quantitative estimate of drug-likeness (QED) is 0.815. The zero-order valence-electron chi connectivity index (χ0n) is 10.4. The fourth-order valence-electron chi connectivity index (χ4n) is 4.54. The number of thioether (sulfide) groups is 1. The average molecular weight is 239 g/mol. The van der Waals surface area contributed by atoms with Crippen LogP contribution in [0.4, 0.5) is 0 Å². The first-order chi connectivity index (χ1) is 7.72. The Morgan fingerprint density at radius 1 is 1.06 bits per heavy atom. The van der Waals surface area contributed by atoms with Gasteiger partial charge < -0.3 is 5.73 Å². The van der Waals surface area contributed by atoms with Crippen molar-refractivity contribution in [1.29, 1.82) is 0 Å². The molecular weight excluding hydrogens is 214 g/mol. The molecule has 4 aliphatic carbocycles. The zero-order chi connectivity index (χ0) is 11.1. The molecule has 1 unspecified atom stereocenters. The molecule has 16 heavy (non-hydrogen) atoms. The maximum atomic E-state index is 5.84. The molecule has 4 aliphatic rings. The Morgan fingerprint density at radius 2 is 1.62 bits per heavy atom. The summed E-state index contributed by atoms with van der Waals surface area (Å²) in [6, 6.07) is 0.393. The minimum absolute atomic E-state index is 0.393. The van der Waals surface area contributed by atoms with Gasteiger partial charge in [-0.15, -0.1) is 0 Å². The molecule has 92 valence electrons. The average Bonchev–Trinajstić information content (AvgIpc) is 2.20. The third-order valence-electron chi connectivity index (χ3n) is 5.02. The van der Waals surface area contributed by atoms with Gasteiger partial charge in [-0.25, -0.2) is 0 Å². The Labute approximate surface area is 104 Å². The van der Waals surface area contributed by atoms with Gasteiger partial charge in [0.05, 0.1) is 0 Å². The monoisotopic (exact) mass is 239 g/mol. The molecule has 4 rings (SSSR count). The Balaban J connectivity index is 1.55. The van der Waals surface area contributed by atoms with Gasteiger partial charge in [0.2, 0.25) is 0 Å². The molecule has 0 aromatic heterocycles. The highest BCUT2D eigenvalue weighted by atomic mass is 32.2. The van der Waals surface area contributed by atoms with Crippen LogP contribution < -0.4 is 5.73 Å². The predicted molar refractivity (Wildman–Crippen MR) is 71.6 cm³/mol. The van der Waals surface area contributed by atoms with E-state index in [1.807, 2.05) is 0 Å². The molecule has 0 heterocycles. The van der Waals surface area contributed by atoms with Crippen LogP contribution in [0.1, 0.15) is 45.4 Å². The van der Waals surface area contributed by atoms with Crippen molar-refractivity contribution in [3.05, 3.63) is 0 Å². The number of rotatable bonds is 4. The summed E-state index contributed by atoms with van der Waals surface area (Å²) in [4.78, 5) is 0. The molecule has 0 aromatic carbocycles. The van der Waals surface area contributed by atoms with Crippen LogP contribution in [0.2, 0.25) is 0 Å². The standard InChI is InChI=1S/C14H25NS/c1-9(15)2-3-16-14-12-5-10-4-11(7-12)8-13(14)6-10/h9-14H,2-8,15H2,1H3. The van der Waals surface area contributed by atoms with Gasteiger partial charge in [-0.1, -0.05) is 0 Å². The van der Waals surface area contributed by atoms with E-state index in [1.165, 1.54) is 12.2 Å². The highest BCUT2D eigenvalue weighted by molar-refractivity contribution is 7.99. The van der Waals surface area contributed by atoms with Crippen molar-refractivity contribution in [3.63, 3.8) is 0 Å². The maximum Gasteiger partial charge on any atom is 0.0104 e. The molecule has 0 amide bonds. The van der Waals surface area contributed by atoms with Crippen LogP contribution in [0.15, 0.2) is 0 Å². The first-order valence-electron chi connectivity index (χ1n) is 7.09. The molecule has 4 saturated carbocycles. The van der Waals surface area contributed by atoms with Crippen LogP contribution >= 0.6 is 11.8 Å². The molecule has 1 atom stereocenters. The second-order valence-corrected chi connectivity index (χ2v) is 7.82. The lowest BCUT2D eigenvalue weighted by Crippen LogP contribution is -2.46. The number of hydrogen-bond acceptors (Lipinski definition) is 2. The summed E-state index contributed by atoms with van der Waals surface area (Å²) in [5, 5.41) is 1.01. The summed E-state index contributed by atoms with van der Waals surface area (Å²) in [5.41, 5.74) is 5.84. The van der Waals surface area contributed by atoms with Gasteiger partial charge >= 0.3 is 0 Å². The molecule has 0 aromatic rings. The van der Waals surface area contributed by atoms with Gasteiger partial charge in [0.1, 0.15) is 0 Å². The lowest BCUT2D eigenvalue weighted by molar-refractivity contribution is 0.0267. The lowest BCUT2D eigenvalue weighted by atomic mass is 9.56. The molecule has 1 nitrogen and oxygen atoms in total. The highest BCUT2D eigenvalue weighted by Gasteiger charge is 2.48. The summed E-state index contributed by atoms with van der Waals surface area (Å²) in [7, 11) is 0. The van der Waals surface area contributed by atoms with E-state index in [0.29, 0.717) is 6.04 Å². The SMILES string of the molecule is CC(N)CCSC1C2CC3CC(C2)CC1C3. The number of nitrogens with two attached hydrogens (primary N) is 1. The molecular formula is C14H25NS. The van der Waals surface area contributed by atoms with Crippen molar-refractivity contribution in [2.45, 2.75) is 56.7 Å². The van der Waals surface area contributed by atoms with Crippen LogP contribution in [0.25, 0.3) is 0 Å². The summed E-state index contributed by atoms with van der Waals surface area (Å²) in [6.07, 6.45) is 9.01. The molecule has 2 N–H and O–H groups in total. The Bertz CT molecular complexity index is 223. The predicted octanol–water partition coefficient (Wildman–Crippen LogP) is 3.28. The smallest absolute Gasteiger partial charge is 0.0104 e. The van der Waals surface area contributed by atoms with E-state index in [9.17, 15) is 0 Å². The Morgan fingerprint density at radius 3 is 2.12 bits per heavy atom. The van der Waals surface area contributed by atoms with E-state index < -0.39 is 0 Å². The third kappa shape index (κ3) is 2.15. The van der Waals surface area contributed by atoms with E-state index in [0.717, 1.165) is 28.9 Å². The van der Waals surface area contributed by atoms with Gasteiger partial charge in [0.25, 0.3) is 0 Å². The van der Waals surface area contributed by atoms with Crippen molar-refractivity contribution in [3.8, 4) is 0 Å². The van der Waals surface area contributed by atoms with Gasteiger partial charge in [-0.3, -0.25) is 0 Å². The van der Waals surface area contributed by atoms with Gasteiger partial charge in [-0.05, 0) is 74.9 Å². The van der Waals surface area contributed by atoms with Crippen LogP contribution in [0.5, 0.6) is 0 Å². The molecule has 0 radical (unpaired) electrons. The molecule has 2 heteroatoms. The van der Waals surface area contributed by atoms with E-state index in [1.54, 1.807) is 32.1 Å². The van der Waals surface area contributed by atoms with Crippen LogP contribution in [-0.2, 0) is 0 Å². The molecule has 4 fully saturated rings. The Kier molecular flexibility index (Phi) is 3.23. The first kappa shape index (κ1) is 11.4. The molecule has 0 aliphatic heterocycles. The maximum absolute atomic E-state index is 5.84. The highest BCUT2D eigenvalue weighted by Crippen LogP contribution is 2.57. The Hall–Kier alpha value is 0.310.